The molecule has 2 nitrogen and oxygen atoms in total. The van der Waals surface area contributed by atoms with Gasteiger partial charge in [0.15, 0.2) is 0 Å². The molecule has 6 heteroatoms. The molecule has 0 aliphatic heterocycles. The van der Waals surface area contributed by atoms with Gasteiger partial charge in [-0.1, -0.05) is 5.46 Å². The molecule has 1 aromatic heterocycles. The van der Waals surface area contributed by atoms with E-state index in [1.807, 2.05) is 0 Å². The predicted octanol–water partition coefficient (Wildman–Crippen LogP) is 1.53. The van der Waals surface area contributed by atoms with E-state index in [-0.39, 0.29) is 5.75 Å². The Kier molecular flexibility index (Phi) is 2.80. The Morgan fingerprint density at radius 3 is 2.62 bits per heavy atom. The van der Waals surface area contributed by atoms with Crippen LogP contribution in [0.3, 0.4) is 0 Å². The summed E-state index contributed by atoms with van der Waals surface area (Å²) in [6.45, 7) is -2.95. The summed E-state index contributed by atoms with van der Waals surface area (Å²) in [7, 11) is 0. The second-order valence-electron chi connectivity index (χ2n) is 2.46. The van der Waals surface area contributed by atoms with E-state index in [9.17, 15) is 12.9 Å². The quantitative estimate of drug-likeness (QED) is 0.674. The summed E-state index contributed by atoms with van der Waals surface area (Å²) in [5.74, 6) is 0.152. The highest BCUT2D eigenvalue weighted by atomic mass is 19.4. The van der Waals surface area contributed by atoms with E-state index < -0.39 is 12.4 Å². The Hall–Kier alpha value is -1.20. The molecule has 0 amide bonds. The molecule has 1 heterocycles. The number of rotatable bonds is 3. The van der Waals surface area contributed by atoms with E-state index in [1.165, 1.54) is 6.20 Å². The van der Waals surface area contributed by atoms with Gasteiger partial charge in [0.25, 0.3) is 0 Å². The number of nitrogens with zero attached hydrogens (tertiary/aromatic N) is 1. The molecule has 0 saturated heterocycles. The van der Waals surface area contributed by atoms with Crippen LogP contribution < -0.4 is 10.2 Å². The lowest BCUT2D eigenvalue weighted by Crippen LogP contribution is -2.34. The van der Waals surface area contributed by atoms with Gasteiger partial charge in [-0.3, -0.25) is 4.98 Å². The third kappa shape index (κ3) is 2.64. The molecule has 0 N–H and O–H groups in total. The molecule has 13 heavy (non-hydrogen) atoms. The monoisotopic (exact) mass is 190 g/mol. The molecule has 0 fully saturated rings. The molecule has 0 spiro atoms. The fourth-order valence-electron chi connectivity index (χ4n) is 0.860. The minimum Gasteiger partial charge on any atom is -0.492 e. The van der Waals surface area contributed by atoms with Crippen molar-refractivity contribution in [2.75, 3.05) is 6.61 Å². The van der Waals surface area contributed by atoms with Gasteiger partial charge in [0, 0.05) is 6.20 Å². The highest BCUT2D eigenvalue weighted by molar-refractivity contribution is 6.73. The third-order valence-electron chi connectivity index (χ3n) is 1.42. The van der Waals surface area contributed by atoms with Crippen molar-refractivity contribution in [3.63, 3.8) is 0 Å². The van der Waals surface area contributed by atoms with E-state index in [1.54, 1.807) is 6.92 Å². The summed E-state index contributed by atoms with van der Waals surface area (Å²) in [5, 5.41) is 0. The Morgan fingerprint density at radius 2 is 2.08 bits per heavy atom. The standard InChI is InChI=1S/C7H8BF3NO/c1-2-13-7-3-6(4-12-5-7)8(9,10)11/h3-5H,2H2,1H3/q-1. The van der Waals surface area contributed by atoms with Crippen LogP contribution in [0, 0.1) is 0 Å². The first kappa shape index (κ1) is 9.89. The Bertz CT molecular complexity index is 289. The van der Waals surface area contributed by atoms with E-state index in [0.29, 0.717) is 6.61 Å². The number of ether oxygens (including phenoxy) is 1. The number of hydrogen-bond donors (Lipinski definition) is 0. The van der Waals surface area contributed by atoms with Gasteiger partial charge in [-0.2, -0.15) is 0 Å². The van der Waals surface area contributed by atoms with Gasteiger partial charge in [-0.05, 0) is 13.0 Å². The molecular weight excluding hydrogens is 182 g/mol. The molecule has 0 bridgehead atoms. The van der Waals surface area contributed by atoms with Gasteiger partial charge in [0.2, 0.25) is 0 Å². The molecule has 72 valence electrons. The zero-order valence-electron chi connectivity index (χ0n) is 7.01. The van der Waals surface area contributed by atoms with Crippen molar-refractivity contribution < 1.29 is 17.7 Å². The third-order valence-corrected chi connectivity index (χ3v) is 1.42. The Labute approximate surface area is 73.8 Å². The molecule has 0 aliphatic carbocycles. The van der Waals surface area contributed by atoms with Crippen LogP contribution in [0.15, 0.2) is 18.5 Å². The molecule has 0 aromatic carbocycles. The molecule has 1 rings (SSSR count). The van der Waals surface area contributed by atoms with E-state index >= 15 is 0 Å². The lowest BCUT2D eigenvalue weighted by atomic mass is 9.81. The maximum absolute atomic E-state index is 12.2. The summed E-state index contributed by atoms with van der Waals surface area (Å²) >= 11 is 0. The fraction of sp³-hybridized carbons (Fsp3) is 0.286. The zero-order valence-corrected chi connectivity index (χ0v) is 7.01. The highest BCUT2D eigenvalue weighted by Crippen LogP contribution is 2.12. The summed E-state index contributed by atoms with van der Waals surface area (Å²) in [6, 6.07) is 0.955. The van der Waals surface area contributed by atoms with Crippen molar-refractivity contribution in [1.29, 1.82) is 0 Å². The molecule has 1 aromatic rings. The second-order valence-corrected chi connectivity index (χ2v) is 2.46. The summed E-state index contributed by atoms with van der Waals surface area (Å²) in [6.07, 6.45) is 2.05. The molecule has 0 unspecified atom stereocenters. The smallest absolute Gasteiger partial charge is 0.492 e. The van der Waals surface area contributed by atoms with E-state index in [4.69, 9.17) is 4.74 Å². The maximum atomic E-state index is 12.2. The van der Waals surface area contributed by atoms with Crippen molar-refractivity contribution in [2.45, 2.75) is 6.92 Å². The average molecular weight is 190 g/mol. The maximum Gasteiger partial charge on any atom is 0.511 e. The number of halogens is 3. The molecule has 0 saturated carbocycles. The van der Waals surface area contributed by atoms with Gasteiger partial charge in [0.05, 0.1) is 12.8 Å². The molecular formula is C7H8BF3NO-. The van der Waals surface area contributed by atoms with Crippen LogP contribution in [0.25, 0.3) is 0 Å². The lowest BCUT2D eigenvalue weighted by molar-refractivity contribution is 0.339. The largest absolute Gasteiger partial charge is 0.511 e. The molecule has 0 atom stereocenters. The van der Waals surface area contributed by atoms with Gasteiger partial charge < -0.3 is 17.7 Å². The van der Waals surface area contributed by atoms with Crippen LogP contribution in [0.5, 0.6) is 5.75 Å². The van der Waals surface area contributed by atoms with Crippen molar-refractivity contribution in [3.8, 4) is 5.75 Å². The molecule has 0 radical (unpaired) electrons. The van der Waals surface area contributed by atoms with Crippen molar-refractivity contribution in [2.24, 2.45) is 0 Å². The number of pyridine rings is 1. The van der Waals surface area contributed by atoms with Crippen LogP contribution in [0.4, 0.5) is 12.9 Å². The fourth-order valence-corrected chi connectivity index (χ4v) is 0.860. The SMILES string of the molecule is CCOc1cncc([B-](F)(F)F)c1. The van der Waals surface area contributed by atoms with E-state index in [2.05, 4.69) is 4.98 Å². The summed E-state index contributed by atoms with van der Waals surface area (Å²) in [5.41, 5.74) is -0.731. The first-order valence-electron chi connectivity index (χ1n) is 3.81. The molecule has 0 aliphatic rings. The first-order chi connectivity index (χ1) is 6.04. The summed E-state index contributed by atoms with van der Waals surface area (Å²) in [4.78, 5) is 3.44. The zero-order chi connectivity index (χ0) is 9.90. The lowest BCUT2D eigenvalue weighted by Gasteiger charge is -2.14. The van der Waals surface area contributed by atoms with Crippen LogP contribution in [-0.4, -0.2) is 18.6 Å². The Balaban J connectivity index is 2.92. The Morgan fingerprint density at radius 1 is 1.38 bits per heavy atom. The van der Waals surface area contributed by atoms with Crippen molar-refractivity contribution in [1.82, 2.24) is 4.98 Å². The number of aromatic nitrogens is 1. The van der Waals surface area contributed by atoms with Gasteiger partial charge in [0.1, 0.15) is 5.75 Å². The summed E-state index contributed by atoms with van der Waals surface area (Å²) < 4.78 is 41.4. The first-order valence-corrected chi connectivity index (χ1v) is 3.81. The average Bonchev–Trinajstić information content (AvgIpc) is 2.04. The highest BCUT2D eigenvalue weighted by Gasteiger charge is 2.26. The predicted molar refractivity (Wildman–Crippen MR) is 44.1 cm³/mol. The van der Waals surface area contributed by atoms with Crippen LogP contribution in [0.2, 0.25) is 0 Å². The van der Waals surface area contributed by atoms with Gasteiger partial charge in [-0.15, -0.1) is 0 Å². The van der Waals surface area contributed by atoms with Crippen LogP contribution >= 0.6 is 0 Å². The van der Waals surface area contributed by atoms with Crippen LogP contribution in [-0.2, 0) is 0 Å². The number of hydrogen-bond acceptors (Lipinski definition) is 2. The minimum atomic E-state index is -4.98. The second kappa shape index (κ2) is 3.68. The van der Waals surface area contributed by atoms with Crippen LogP contribution in [0.1, 0.15) is 6.92 Å². The van der Waals surface area contributed by atoms with Crippen molar-refractivity contribution in [3.05, 3.63) is 18.5 Å². The topological polar surface area (TPSA) is 22.1 Å². The van der Waals surface area contributed by atoms with Crippen molar-refractivity contribution >= 4 is 12.4 Å². The van der Waals surface area contributed by atoms with Gasteiger partial charge >= 0.3 is 6.98 Å². The minimum absolute atomic E-state index is 0.152. The van der Waals surface area contributed by atoms with E-state index in [0.717, 1.165) is 12.3 Å². The van der Waals surface area contributed by atoms with Gasteiger partial charge in [-0.25, -0.2) is 0 Å². The normalized spacial score (nSPS) is 11.4.